The van der Waals surface area contributed by atoms with Gasteiger partial charge in [-0.2, -0.15) is 0 Å². The van der Waals surface area contributed by atoms with Gasteiger partial charge in [-0.15, -0.1) is 0 Å². The molecule has 0 bridgehead atoms. The highest BCUT2D eigenvalue weighted by atomic mass is 16.5. The lowest BCUT2D eigenvalue weighted by molar-refractivity contribution is -0.137. The van der Waals surface area contributed by atoms with Crippen molar-refractivity contribution < 1.29 is 28.6 Å². The Labute approximate surface area is 193 Å². The number of carbonyl (C=O) groups excluding carboxylic acids is 3. The lowest BCUT2D eigenvalue weighted by Gasteiger charge is -2.22. The first-order chi connectivity index (χ1) is 15.8. The first-order valence-corrected chi connectivity index (χ1v) is 10.6. The van der Waals surface area contributed by atoms with Crippen molar-refractivity contribution in [3.63, 3.8) is 0 Å². The Morgan fingerprint density at radius 3 is 2.09 bits per heavy atom. The van der Waals surface area contributed by atoms with Gasteiger partial charge in [-0.05, 0) is 48.7 Å². The van der Waals surface area contributed by atoms with E-state index in [0.717, 1.165) is 5.56 Å². The van der Waals surface area contributed by atoms with E-state index in [4.69, 9.17) is 14.2 Å². The third kappa shape index (κ3) is 7.68. The predicted molar refractivity (Wildman–Crippen MR) is 126 cm³/mol. The van der Waals surface area contributed by atoms with Crippen molar-refractivity contribution in [1.82, 2.24) is 5.32 Å². The Bertz CT molecular complexity index is 976. The Hall–Kier alpha value is -3.81. The third-order valence-electron chi connectivity index (χ3n) is 4.73. The molecule has 8 nitrogen and oxygen atoms in total. The number of hydrogen-bond acceptors (Lipinski definition) is 6. The van der Waals surface area contributed by atoms with Crippen LogP contribution >= 0.6 is 0 Å². The smallest absolute Gasteiger partial charge is 0.330 e. The van der Waals surface area contributed by atoms with Crippen LogP contribution in [0.5, 0.6) is 11.5 Å². The molecule has 0 radical (unpaired) electrons. The zero-order valence-electron chi connectivity index (χ0n) is 19.5. The van der Waals surface area contributed by atoms with E-state index in [0.29, 0.717) is 29.4 Å². The number of carbonyl (C=O) groups is 3. The second-order valence-electron chi connectivity index (χ2n) is 7.49. The number of amides is 2. The number of esters is 1. The number of ether oxygens (including phenoxy) is 3. The van der Waals surface area contributed by atoms with E-state index in [9.17, 15) is 14.4 Å². The maximum absolute atomic E-state index is 12.9. The molecule has 1 unspecified atom stereocenters. The summed E-state index contributed by atoms with van der Waals surface area (Å²) in [7, 11) is 3.00. The van der Waals surface area contributed by atoms with Crippen molar-refractivity contribution >= 4 is 29.5 Å². The van der Waals surface area contributed by atoms with E-state index in [1.807, 2.05) is 13.8 Å². The summed E-state index contributed by atoms with van der Waals surface area (Å²) >= 11 is 0. The predicted octanol–water partition coefficient (Wildman–Crippen LogP) is 3.67. The lowest BCUT2D eigenvalue weighted by atomic mass is 10.0. The summed E-state index contributed by atoms with van der Waals surface area (Å²) < 4.78 is 15.3. The molecule has 2 aromatic rings. The third-order valence-corrected chi connectivity index (χ3v) is 4.73. The Morgan fingerprint density at radius 1 is 0.970 bits per heavy atom. The number of methoxy groups -OCH3 is 2. The van der Waals surface area contributed by atoms with Gasteiger partial charge in [0, 0.05) is 23.4 Å². The minimum Gasteiger partial charge on any atom is -0.497 e. The van der Waals surface area contributed by atoms with Crippen molar-refractivity contribution in [2.75, 3.05) is 26.1 Å². The molecule has 33 heavy (non-hydrogen) atoms. The van der Waals surface area contributed by atoms with Gasteiger partial charge in [-0.3, -0.25) is 9.59 Å². The molecule has 2 rings (SSSR count). The second kappa shape index (κ2) is 12.3. The van der Waals surface area contributed by atoms with Crippen molar-refractivity contribution in [1.29, 1.82) is 0 Å². The number of benzene rings is 2. The van der Waals surface area contributed by atoms with E-state index < -0.39 is 17.9 Å². The van der Waals surface area contributed by atoms with Crippen molar-refractivity contribution in [3.8, 4) is 11.5 Å². The highest BCUT2D eigenvalue weighted by Crippen LogP contribution is 2.23. The van der Waals surface area contributed by atoms with Gasteiger partial charge in [-0.25, -0.2) is 4.79 Å². The van der Waals surface area contributed by atoms with Gasteiger partial charge in [-0.1, -0.05) is 26.0 Å². The molecule has 2 amide bonds. The molecule has 0 fully saturated rings. The molecule has 0 spiro atoms. The minimum absolute atomic E-state index is 0.159. The summed E-state index contributed by atoms with van der Waals surface area (Å²) in [6.07, 6.45) is 2.97. The van der Waals surface area contributed by atoms with E-state index in [1.165, 1.54) is 20.3 Å². The van der Waals surface area contributed by atoms with Crippen LogP contribution in [0, 0.1) is 5.92 Å². The fourth-order valence-corrected chi connectivity index (χ4v) is 2.95. The van der Waals surface area contributed by atoms with Crippen LogP contribution < -0.4 is 20.1 Å². The molecule has 176 valence electrons. The highest BCUT2D eigenvalue weighted by molar-refractivity contribution is 6.01. The lowest BCUT2D eigenvalue weighted by Crippen LogP contribution is -2.47. The van der Waals surface area contributed by atoms with Crippen LogP contribution in [0.15, 0.2) is 48.5 Å². The molecule has 0 aliphatic carbocycles. The molecule has 0 saturated carbocycles. The fraction of sp³-hybridized carbons (Fsp3) is 0.320. The van der Waals surface area contributed by atoms with Crippen LogP contribution in [-0.2, 0) is 14.3 Å². The molecular formula is C25H30N2O6. The zero-order chi connectivity index (χ0) is 24.4. The van der Waals surface area contributed by atoms with Gasteiger partial charge < -0.3 is 24.8 Å². The van der Waals surface area contributed by atoms with Crippen LogP contribution in [0.1, 0.15) is 36.7 Å². The fourth-order valence-electron chi connectivity index (χ4n) is 2.95. The monoisotopic (exact) mass is 454 g/mol. The molecule has 2 N–H and O–H groups in total. The number of hydrogen-bond donors (Lipinski definition) is 2. The topological polar surface area (TPSA) is 103 Å². The van der Waals surface area contributed by atoms with Crippen LogP contribution in [-0.4, -0.2) is 44.7 Å². The van der Waals surface area contributed by atoms with Crippen LogP contribution in [0.3, 0.4) is 0 Å². The number of anilines is 1. The van der Waals surface area contributed by atoms with Gasteiger partial charge in [0.15, 0.2) is 0 Å². The molecule has 0 aromatic heterocycles. The molecule has 0 saturated heterocycles. The largest absolute Gasteiger partial charge is 0.497 e. The van der Waals surface area contributed by atoms with Crippen LogP contribution in [0.4, 0.5) is 5.69 Å². The molecular weight excluding hydrogens is 424 g/mol. The van der Waals surface area contributed by atoms with Crippen molar-refractivity contribution in [3.05, 3.63) is 59.7 Å². The summed E-state index contributed by atoms with van der Waals surface area (Å²) in [6, 6.07) is 11.0. The van der Waals surface area contributed by atoms with Crippen molar-refractivity contribution in [2.24, 2.45) is 5.92 Å². The molecule has 0 heterocycles. The van der Waals surface area contributed by atoms with Gasteiger partial charge >= 0.3 is 5.97 Å². The maximum Gasteiger partial charge on any atom is 0.330 e. The quantitative estimate of drug-likeness (QED) is 0.419. The maximum atomic E-state index is 12.9. The SMILES string of the molecule is CCOC(=O)/C=C/c1ccc(NC(=O)C(NC(=O)c2cc(OC)cc(OC)c2)C(C)C)cc1. The van der Waals surface area contributed by atoms with Gasteiger partial charge in [0.25, 0.3) is 5.91 Å². The normalized spacial score (nSPS) is 11.7. The van der Waals surface area contributed by atoms with Gasteiger partial charge in [0.2, 0.25) is 5.91 Å². The minimum atomic E-state index is -0.766. The van der Waals surface area contributed by atoms with E-state index in [-0.39, 0.29) is 11.8 Å². The molecule has 8 heteroatoms. The first kappa shape index (κ1) is 25.5. The molecule has 2 aromatic carbocycles. The number of rotatable bonds is 10. The molecule has 0 aliphatic heterocycles. The highest BCUT2D eigenvalue weighted by Gasteiger charge is 2.25. The Balaban J connectivity index is 2.08. The summed E-state index contributed by atoms with van der Waals surface area (Å²) in [5.41, 5.74) is 1.67. The van der Waals surface area contributed by atoms with Crippen molar-refractivity contribution in [2.45, 2.75) is 26.8 Å². The summed E-state index contributed by atoms with van der Waals surface area (Å²) in [6.45, 7) is 5.75. The number of nitrogens with one attached hydrogen (secondary N) is 2. The van der Waals surface area contributed by atoms with E-state index in [1.54, 1.807) is 55.5 Å². The van der Waals surface area contributed by atoms with Gasteiger partial charge in [0.05, 0.1) is 20.8 Å². The van der Waals surface area contributed by atoms with Gasteiger partial charge in [0.1, 0.15) is 17.5 Å². The second-order valence-corrected chi connectivity index (χ2v) is 7.49. The van der Waals surface area contributed by atoms with Crippen LogP contribution in [0.2, 0.25) is 0 Å². The van der Waals surface area contributed by atoms with E-state index >= 15 is 0 Å². The average Bonchev–Trinajstić information content (AvgIpc) is 2.81. The zero-order valence-corrected chi connectivity index (χ0v) is 19.5. The Morgan fingerprint density at radius 2 is 1.58 bits per heavy atom. The summed E-state index contributed by atoms with van der Waals surface area (Å²) in [5.74, 6) is -0.389. The first-order valence-electron chi connectivity index (χ1n) is 10.6. The average molecular weight is 455 g/mol. The Kier molecular flexibility index (Phi) is 9.47. The van der Waals surface area contributed by atoms with E-state index in [2.05, 4.69) is 10.6 Å². The van der Waals surface area contributed by atoms with Crippen LogP contribution in [0.25, 0.3) is 6.08 Å². The molecule has 0 aliphatic rings. The molecule has 1 atom stereocenters. The standard InChI is InChI=1S/C25H30N2O6/c1-6-33-22(28)12-9-17-7-10-19(11-8-17)26-25(30)23(16(2)3)27-24(29)18-13-20(31-4)15-21(14-18)32-5/h7-16,23H,6H2,1-5H3,(H,26,30)(H,27,29)/b12-9+. The summed E-state index contributed by atoms with van der Waals surface area (Å²) in [4.78, 5) is 37.1. The summed E-state index contributed by atoms with van der Waals surface area (Å²) in [5, 5.41) is 5.61.